The first-order valence-corrected chi connectivity index (χ1v) is 19.4. The van der Waals surface area contributed by atoms with Crippen LogP contribution in [0.4, 0.5) is 0 Å². The summed E-state index contributed by atoms with van der Waals surface area (Å²) >= 11 is 0. The normalized spacial score (nSPS) is 21.8. The van der Waals surface area contributed by atoms with Crippen molar-refractivity contribution in [1.82, 2.24) is 0 Å². The van der Waals surface area contributed by atoms with Crippen LogP contribution in [0.25, 0.3) is 0 Å². The lowest BCUT2D eigenvalue weighted by atomic mass is 9.99. The predicted octanol–water partition coefficient (Wildman–Crippen LogP) is 6.99. The molecule has 1 fully saturated rings. The molecule has 0 radical (unpaired) electrons. The number of esters is 2. The van der Waals surface area contributed by atoms with Gasteiger partial charge in [-0.3, -0.25) is 9.59 Å². The van der Waals surface area contributed by atoms with Crippen molar-refractivity contribution in [2.45, 2.75) is 192 Å². The first-order chi connectivity index (χ1) is 23.8. The molecule has 0 aromatic carbocycles. The third-order valence-electron chi connectivity index (χ3n) is 8.81. The number of aliphatic hydroxyl groups is 4. The van der Waals surface area contributed by atoms with Gasteiger partial charge in [-0.1, -0.05) is 109 Å². The van der Waals surface area contributed by atoms with Crippen molar-refractivity contribution in [1.29, 1.82) is 0 Å². The Bertz CT molecular complexity index is 861. The van der Waals surface area contributed by atoms with Crippen molar-refractivity contribution >= 4 is 11.9 Å². The van der Waals surface area contributed by atoms with Gasteiger partial charge in [0.15, 0.2) is 12.4 Å². The van der Waals surface area contributed by atoms with Crippen molar-refractivity contribution in [3.05, 3.63) is 24.3 Å². The lowest BCUT2D eigenvalue weighted by Crippen LogP contribution is -2.59. The topological polar surface area (TPSA) is 152 Å². The van der Waals surface area contributed by atoms with E-state index in [1.807, 2.05) is 0 Å². The number of hydrogen-bond acceptors (Lipinski definition) is 10. The summed E-state index contributed by atoms with van der Waals surface area (Å²) in [6.45, 7) is 3.33. The zero-order chi connectivity index (χ0) is 36.0. The molecule has 0 bridgehead atoms. The Kier molecular flexibility index (Phi) is 28.6. The monoisotopic (exact) mass is 698 g/mol. The van der Waals surface area contributed by atoms with Crippen LogP contribution in [0, 0.1) is 0 Å². The van der Waals surface area contributed by atoms with Crippen molar-refractivity contribution in [3.63, 3.8) is 0 Å². The molecule has 0 aromatic heterocycles. The highest BCUT2D eigenvalue weighted by Crippen LogP contribution is 2.22. The second kappa shape index (κ2) is 31.0. The van der Waals surface area contributed by atoms with Gasteiger partial charge < -0.3 is 39.4 Å². The van der Waals surface area contributed by atoms with E-state index in [4.69, 9.17) is 18.9 Å². The summed E-state index contributed by atoms with van der Waals surface area (Å²) in [6.07, 6.45) is 23.3. The Labute approximate surface area is 296 Å². The number of ether oxygens (including phenoxy) is 4. The van der Waals surface area contributed by atoms with Crippen molar-refractivity contribution in [3.8, 4) is 0 Å². The van der Waals surface area contributed by atoms with E-state index in [1.54, 1.807) is 0 Å². The highest BCUT2D eigenvalue weighted by molar-refractivity contribution is 5.70. The fourth-order valence-electron chi connectivity index (χ4n) is 5.63. The predicted molar refractivity (Wildman–Crippen MR) is 192 cm³/mol. The minimum Gasteiger partial charge on any atom is -0.462 e. The number of hydrogen-bond donors (Lipinski definition) is 4. The van der Waals surface area contributed by atoms with Gasteiger partial charge in [-0.25, -0.2) is 0 Å². The molecule has 1 aliphatic heterocycles. The minimum absolute atomic E-state index is 0.218. The molecule has 286 valence electrons. The van der Waals surface area contributed by atoms with Crippen LogP contribution in [-0.2, 0) is 28.5 Å². The molecule has 0 spiro atoms. The minimum atomic E-state index is -1.59. The average Bonchev–Trinajstić information content (AvgIpc) is 3.10. The zero-order valence-corrected chi connectivity index (χ0v) is 30.7. The maximum absolute atomic E-state index is 12.7. The number of aliphatic hydroxyl groups excluding tert-OH is 4. The average molecular weight is 699 g/mol. The third kappa shape index (κ3) is 23.3. The molecule has 0 aromatic rings. The van der Waals surface area contributed by atoms with Crippen LogP contribution >= 0.6 is 0 Å². The molecule has 1 saturated heterocycles. The summed E-state index contributed by atoms with van der Waals surface area (Å²) in [5.41, 5.74) is 0. The van der Waals surface area contributed by atoms with E-state index in [-0.39, 0.29) is 32.0 Å². The number of allylic oxidation sites excluding steroid dienone is 4. The van der Waals surface area contributed by atoms with Gasteiger partial charge in [0.25, 0.3) is 0 Å². The number of unbranched alkanes of at least 4 members (excludes halogenated alkanes) is 16. The van der Waals surface area contributed by atoms with E-state index in [0.717, 1.165) is 70.6 Å². The van der Waals surface area contributed by atoms with Gasteiger partial charge >= 0.3 is 11.9 Å². The van der Waals surface area contributed by atoms with Crippen molar-refractivity contribution < 1.29 is 49.0 Å². The molecule has 1 heterocycles. The van der Waals surface area contributed by atoms with Crippen LogP contribution in [-0.4, -0.2) is 89.0 Å². The van der Waals surface area contributed by atoms with Crippen LogP contribution in [0.3, 0.4) is 0 Å². The third-order valence-corrected chi connectivity index (χ3v) is 8.81. The summed E-state index contributed by atoms with van der Waals surface area (Å²) in [7, 11) is 0. The van der Waals surface area contributed by atoms with Crippen LogP contribution in [0.15, 0.2) is 24.3 Å². The molecule has 0 aliphatic carbocycles. The fourth-order valence-corrected chi connectivity index (χ4v) is 5.63. The first-order valence-electron chi connectivity index (χ1n) is 19.4. The fraction of sp³-hybridized carbons (Fsp3) is 0.846. The summed E-state index contributed by atoms with van der Waals surface area (Å²) in [6, 6.07) is 0. The van der Waals surface area contributed by atoms with E-state index in [0.29, 0.717) is 12.8 Å². The number of rotatable bonds is 31. The van der Waals surface area contributed by atoms with Gasteiger partial charge in [0, 0.05) is 12.8 Å². The van der Waals surface area contributed by atoms with E-state index in [9.17, 15) is 30.0 Å². The summed E-state index contributed by atoms with van der Waals surface area (Å²) in [4.78, 5) is 25.1. The number of carbonyl (C=O) groups excluding carboxylic acids is 2. The van der Waals surface area contributed by atoms with Gasteiger partial charge in [-0.15, -0.1) is 0 Å². The summed E-state index contributed by atoms with van der Waals surface area (Å²) in [5, 5.41) is 39.9. The van der Waals surface area contributed by atoms with E-state index in [1.165, 1.54) is 44.9 Å². The molecule has 1 rings (SSSR count). The quantitative estimate of drug-likeness (QED) is 0.0339. The Morgan fingerprint density at radius 2 is 1.10 bits per heavy atom. The Morgan fingerprint density at radius 3 is 1.65 bits per heavy atom. The van der Waals surface area contributed by atoms with Gasteiger partial charge in [-0.05, 0) is 57.8 Å². The lowest BCUT2D eigenvalue weighted by molar-refractivity contribution is -0.305. The molecule has 49 heavy (non-hydrogen) atoms. The molecular formula is C39H70O10. The Hall–Kier alpha value is -1.82. The highest BCUT2D eigenvalue weighted by atomic mass is 16.7. The van der Waals surface area contributed by atoms with Gasteiger partial charge in [0.05, 0.1) is 13.2 Å². The molecule has 10 heteroatoms. The highest BCUT2D eigenvalue weighted by Gasteiger charge is 2.44. The van der Waals surface area contributed by atoms with Crippen LogP contribution in [0.2, 0.25) is 0 Å². The molecular weight excluding hydrogens is 628 g/mol. The Balaban J connectivity index is 2.41. The van der Waals surface area contributed by atoms with Gasteiger partial charge in [-0.2, -0.15) is 0 Å². The SMILES string of the molecule is CCCC/C=C/CCCCCCCC(=O)O[C@@H](COC(=O)CCCCCCC/C=C/CCCCCC)CO[C@H]1O[C@@H](CO)[C@@H](O)C(O)C1O. The second-order valence-corrected chi connectivity index (χ2v) is 13.4. The van der Waals surface area contributed by atoms with Crippen LogP contribution in [0.5, 0.6) is 0 Å². The molecule has 10 nitrogen and oxygen atoms in total. The largest absolute Gasteiger partial charge is 0.462 e. The first kappa shape index (κ1) is 45.2. The maximum Gasteiger partial charge on any atom is 0.306 e. The van der Waals surface area contributed by atoms with E-state index >= 15 is 0 Å². The molecule has 2 unspecified atom stereocenters. The van der Waals surface area contributed by atoms with Crippen molar-refractivity contribution in [2.75, 3.05) is 19.8 Å². The van der Waals surface area contributed by atoms with Crippen LogP contribution in [0.1, 0.15) is 155 Å². The van der Waals surface area contributed by atoms with Crippen LogP contribution < -0.4 is 0 Å². The summed E-state index contributed by atoms with van der Waals surface area (Å²) in [5.74, 6) is -0.830. The van der Waals surface area contributed by atoms with Gasteiger partial charge in [0.1, 0.15) is 31.0 Å². The number of carbonyl (C=O) groups is 2. The lowest BCUT2D eigenvalue weighted by Gasteiger charge is -2.39. The molecule has 6 atom stereocenters. The zero-order valence-electron chi connectivity index (χ0n) is 30.7. The standard InChI is InChI=1S/C39H70O10/c1-3-5-7-9-11-13-15-16-18-19-21-23-25-27-34(41)46-30-32(31-47-39-38(45)37(44)36(43)33(29-40)49-39)48-35(42)28-26-24-22-20-17-14-12-10-8-6-4-2/h10,12-13,15,32-33,36-40,43-45H,3-9,11,14,16-31H2,1-2H3/b12-10+,15-13+/t32-,33-,36+,37?,38?,39-/m0/s1. The maximum atomic E-state index is 12.7. The Morgan fingerprint density at radius 1 is 0.612 bits per heavy atom. The molecule has 0 amide bonds. The van der Waals surface area contributed by atoms with Crippen molar-refractivity contribution in [2.24, 2.45) is 0 Å². The molecule has 4 N–H and O–H groups in total. The molecule has 1 aliphatic rings. The second-order valence-electron chi connectivity index (χ2n) is 13.4. The van der Waals surface area contributed by atoms with Gasteiger partial charge in [0.2, 0.25) is 0 Å². The smallest absolute Gasteiger partial charge is 0.306 e. The summed E-state index contributed by atoms with van der Waals surface area (Å²) < 4.78 is 22.0. The van der Waals surface area contributed by atoms with E-state index < -0.39 is 49.4 Å². The van der Waals surface area contributed by atoms with E-state index in [2.05, 4.69) is 38.2 Å². The molecule has 0 saturated carbocycles.